The number of carbonyl (C=O) groups is 1. The summed E-state index contributed by atoms with van der Waals surface area (Å²) < 4.78 is 9.81. The molecule has 8 heteroatoms. The summed E-state index contributed by atoms with van der Waals surface area (Å²) in [4.78, 5) is 21.0. The molecule has 8 nitrogen and oxygen atoms in total. The first-order chi connectivity index (χ1) is 9.06. The second kappa shape index (κ2) is 5.53. The second-order valence-electron chi connectivity index (χ2n) is 4.02. The van der Waals surface area contributed by atoms with Gasteiger partial charge >= 0.3 is 6.09 Å². The molecule has 0 bridgehead atoms. The summed E-state index contributed by atoms with van der Waals surface area (Å²) in [5.74, 6) is 0.0321. The number of anilines is 1. The molecule has 0 aliphatic carbocycles. The van der Waals surface area contributed by atoms with Gasteiger partial charge < -0.3 is 20.5 Å². The normalized spacial score (nSPS) is 17.4. The Labute approximate surface area is 108 Å². The van der Waals surface area contributed by atoms with Gasteiger partial charge in [0.2, 0.25) is 0 Å². The number of carbonyl (C=O) groups excluding carboxylic acids is 1. The van der Waals surface area contributed by atoms with Crippen molar-refractivity contribution in [2.24, 2.45) is 5.73 Å². The second-order valence-corrected chi connectivity index (χ2v) is 4.02. The number of nitrogens with zero attached hydrogens (tertiary/aromatic N) is 1. The molecule has 1 aromatic carbocycles. The molecular weight excluding hydrogens is 254 g/mol. The predicted octanol–water partition coefficient (Wildman–Crippen LogP) is 1.25. The van der Waals surface area contributed by atoms with Gasteiger partial charge in [0.15, 0.2) is 0 Å². The Balaban J connectivity index is 2.11. The molecule has 1 saturated heterocycles. The molecule has 1 aliphatic rings. The first kappa shape index (κ1) is 13.1. The van der Waals surface area contributed by atoms with Gasteiger partial charge in [-0.2, -0.15) is 0 Å². The van der Waals surface area contributed by atoms with E-state index in [4.69, 9.17) is 10.5 Å². The molecule has 0 radical (unpaired) electrons. The Hall–Kier alpha value is -2.35. The van der Waals surface area contributed by atoms with Crippen LogP contribution in [0.15, 0.2) is 18.2 Å². The number of hydrogen-bond acceptors (Lipinski definition) is 6. The maximum Gasteiger partial charge on any atom is 0.409 e. The SMILES string of the molecule is NC(=O)Oc1ccc(NC[C@@H]2CCO2)c([N+](=O)[O-])c1. The highest BCUT2D eigenvalue weighted by molar-refractivity contribution is 5.70. The van der Waals surface area contributed by atoms with Crippen molar-refractivity contribution in [1.82, 2.24) is 0 Å². The summed E-state index contributed by atoms with van der Waals surface area (Å²) in [6.07, 6.45) is 0.00274. The lowest BCUT2D eigenvalue weighted by Gasteiger charge is -2.26. The molecule has 1 fully saturated rings. The third-order valence-corrected chi connectivity index (χ3v) is 2.70. The maximum absolute atomic E-state index is 11.0. The average molecular weight is 267 g/mol. The van der Waals surface area contributed by atoms with E-state index in [-0.39, 0.29) is 17.5 Å². The van der Waals surface area contributed by atoms with Crippen LogP contribution in [-0.2, 0) is 4.74 Å². The highest BCUT2D eigenvalue weighted by Gasteiger charge is 2.20. The van der Waals surface area contributed by atoms with Crippen LogP contribution in [0.3, 0.4) is 0 Å². The summed E-state index contributed by atoms with van der Waals surface area (Å²) >= 11 is 0. The average Bonchev–Trinajstić information content (AvgIpc) is 2.27. The number of nitro benzene ring substituents is 1. The smallest absolute Gasteiger partial charge is 0.409 e. The van der Waals surface area contributed by atoms with Gasteiger partial charge in [0, 0.05) is 13.2 Å². The van der Waals surface area contributed by atoms with E-state index in [2.05, 4.69) is 10.1 Å². The van der Waals surface area contributed by atoms with E-state index in [9.17, 15) is 14.9 Å². The minimum absolute atomic E-state index is 0.0321. The molecule has 0 unspecified atom stereocenters. The standard InChI is InChI=1S/C11H13N3O5/c12-11(15)19-7-1-2-9(10(5-7)14(16)17)13-6-8-3-4-18-8/h1-2,5,8,13H,3-4,6H2,(H2,12,15)/t8-/m0/s1. The van der Waals surface area contributed by atoms with E-state index in [0.717, 1.165) is 19.1 Å². The first-order valence-corrected chi connectivity index (χ1v) is 5.67. The fraction of sp³-hybridized carbons (Fsp3) is 0.364. The highest BCUT2D eigenvalue weighted by atomic mass is 16.6. The lowest BCUT2D eigenvalue weighted by atomic mass is 10.2. The number of rotatable bonds is 5. The van der Waals surface area contributed by atoms with Crippen molar-refractivity contribution < 1.29 is 19.2 Å². The monoisotopic (exact) mass is 267 g/mol. The Morgan fingerprint density at radius 2 is 2.37 bits per heavy atom. The quantitative estimate of drug-likeness (QED) is 0.612. The van der Waals surface area contributed by atoms with Crippen LogP contribution in [0.1, 0.15) is 6.42 Å². The number of nitro groups is 1. The Bertz CT molecular complexity index is 501. The van der Waals surface area contributed by atoms with Gasteiger partial charge in [-0.15, -0.1) is 0 Å². The highest BCUT2D eigenvalue weighted by Crippen LogP contribution is 2.29. The third-order valence-electron chi connectivity index (χ3n) is 2.70. The van der Waals surface area contributed by atoms with Gasteiger partial charge in [-0.3, -0.25) is 10.1 Å². The topological polar surface area (TPSA) is 117 Å². The molecule has 2 rings (SSSR count). The van der Waals surface area contributed by atoms with Gasteiger partial charge in [0.05, 0.1) is 17.1 Å². The lowest BCUT2D eigenvalue weighted by molar-refractivity contribution is -0.384. The van der Waals surface area contributed by atoms with Gasteiger partial charge in [-0.1, -0.05) is 0 Å². The number of benzene rings is 1. The summed E-state index contributed by atoms with van der Waals surface area (Å²) in [5.41, 5.74) is 5.01. The van der Waals surface area contributed by atoms with E-state index in [0.29, 0.717) is 12.2 Å². The van der Waals surface area contributed by atoms with E-state index < -0.39 is 11.0 Å². The zero-order valence-electron chi connectivity index (χ0n) is 10.00. The molecule has 19 heavy (non-hydrogen) atoms. The van der Waals surface area contributed by atoms with Crippen molar-refractivity contribution >= 4 is 17.5 Å². The van der Waals surface area contributed by atoms with Gasteiger partial charge in [0.25, 0.3) is 5.69 Å². The van der Waals surface area contributed by atoms with E-state index in [1.54, 1.807) is 0 Å². The van der Waals surface area contributed by atoms with Crippen LogP contribution in [0.25, 0.3) is 0 Å². The summed E-state index contributed by atoms with van der Waals surface area (Å²) in [7, 11) is 0. The third kappa shape index (κ3) is 3.32. The Morgan fingerprint density at radius 1 is 1.63 bits per heavy atom. The van der Waals surface area contributed by atoms with Crippen LogP contribution in [0, 0.1) is 10.1 Å². The molecular formula is C11H13N3O5. The first-order valence-electron chi connectivity index (χ1n) is 5.67. The van der Waals surface area contributed by atoms with Crippen LogP contribution in [0.5, 0.6) is 5.75 Å². The van der Waals surface area contributed by atoms with Crippen molar-refractivity contribution in [3.63, 3.8) is 0 Å². The molecule has 0 spiro atoms. The van der Waals surface area contributed by atoms with E-state index in [1.807, 2.05) is 0 Å². The molecule has 1 atom stereocenters. The van der Waals surface area contributed by atoms with Crippen molar-refractivity contribution in [2.75, 3.05) is 18.5 Å². The zero-order valence-corrected chi connectivity index (χ0v) is 10.00. The fourth-order valence-electron chi connectivity index (χ4n) is 1.66. The van der Waals surface area contributed by atoms with Crippen LogP contribution in [0.4, 0.5) is 16.2 Å². The molecule has 3 N–H and O–H groups in total. The largest absolute Gasteiger partial charge is 0.410 e. The van der Waals surface area contributed by atoms with Gasteiger partial charge in [0.1, 0.15) is 11.4 Å². The van der Waals surface area contributed by atoms with Gasteiger partial charge in [-0.25, -0.2) is 4.79 Å². The summed E-state index contributed by atoms with van der Waals surface area (Å²) in [6.45, 7) is 1.22. The Morgan fingerprint density at radius 3 is 2.89 bits per heavy atom. The fourth-order valence-corrected chi connectivity index (χ4v) is 1.66. The zero-order chi connectivity index (χ0) is 13.8. The van der Waals surface area contributed by atoms with Crippen molar-refractivity contribution in [1.29, 1.82) is 0 Å². The molecule has 1 amide bonds. The van der Waals surface area contributed by atoms with Crippen LogP contribution in [0.2, 0.25) is 0 Å². The van der Waals surface area contributed by atoms with Gasteiger partial charge in [-0.05, 0) is 18.6 Å². The number of primary amides is 1. The number of ether oxygens (including phenoxy) is 2. The predicted molar refractivity (Wildman–Crippen MR) is 66.2 cm³/mol. The minimum atomic E-state index is -1.02. The summed E-state index contributed by atoms with van der Waals surface area (Å²) in [6, 6.07) is 4.05. The number of nitrogens with one attached hydrogen (secondary N) is 1. The van der Waals surface area contributed by atoms with Crippen molar-refractivity contribution in [2.45, 2.75) is 12.5 Å². The van der Waals surface area contributed by atoms with E-state index >= 15 is 0 Å². The summed E-state index contributed by atoms with van der Waals surface area (Å²) in [5, 5.41) is 13.9. The molecule has 0 aromatic heterocycles. The molecule has 1 heterocycles. The molecule has 1 aromatic rings. The van der Waals surface area contributed by atoms with Crippen LogP contribution < -0.4 is 15.8 Å². The maximum atomic E-state index is 11.0. The number of nitrogens with two attached hydrogens (primary N) is 1. The van der Waals surface area contributed by atoms with Crippen LogP contribution in [-0.4, -0.2) is 30.3 Å². The van der Waals surface area contributed by atoms with Crippen molar-refractivity contribution in [3.8, 4) is 5.75 Å². The Kier molecular flexibility index (Phi) is 3.81. The van der Waals surface area contributed by atoms with Crippen molar-refractivity contribution in [3.05, 3.63) is 28.3 Å². The number of amides is 1. The molecule has 1 aliphatic heterocycles. The van der Waals surface area contributed by atoms with Crippen LogP contribution >= 0.6 is 0 Å². The lowest BCUT2D eigenvalue weighted by Crippen LogP contribution is -2.33. The molecule has 0 saturated carbocycles. The molecule has 102 valence electrons. The van der Waals surface area contributed by atoms with E-state index in [1.165, 1.54) is 12.1 Å². The number of hydrogen-bond donors (Lipinski definition) is 2. The minimum Gasteiger partial charge on any atom is -0.410 e.